The predicted octanol–water partition coefficient (Wildman–Crippen LogP) is 3.25. The fourth-order valence-corrected chi connectivity index (χ4v) is 2.97. The van der Waals surface area contributed by atoms with Crippen molar-refractivity contribution in [2.45, 2.75) is 26.8 Å². The molecule has 0 aromatic heterocycles. The maximum atomic E-state index is 11.9. The summed E-state index contributed by atoms with van der Waals surface area (Å²) in [6, 6.07) is 5.54. The summed E-state index contributed by atoms with van der Waals surface area (Å²) in [4.78, 5) is 17.6. The van der Waals surface area contributed by atoms with Gasteiger partial charge in [-0.25, -0.2) is 4.79 Å². The van der Waals surface area contributed by atoms with E-state index in [0.29, 0.717) is 18.3 Å². The Labute approximate surface area is 121 Å². The lowest BCUT2D eigenvalue weighted by molar-refractivity contribution is 0.198. The minimum absolute atomic E-state index is 0.247. The maximum Gasteiger partial charge on any atom is 0.346 e. The van der Waals surface area contributed by atoms with Gasteiger partial charge in [-0.2, -0.15) is 4.99 Å². The summed E-state index contributed by atoms with van der Waals surface area (Å²) in [5.74, 6) is 0.743. The average molecular weight is 324 g/mol. The fraction of sp³-hybridized carbons (Fsp3) is 0.429. The number of hydrogen-bond acceptors (Lipinski definition) is 2. The van der Waals surface area contributed by atoms with Crippen LogP contribution >= 0.6 is 15.9 Å². The fourth-order valence-electron chi connectivity index (χ4n) is 2.26. The van der Waals surface area contributed by atoms with Crippen LogP contribution in [0.15, 0.2) is 27.7 Å². The van der Waals surface area contributed by atoms with Crippen LogP contribution in [0, 0.1) is 12.8 Å². The highest BCUT2D eigenvalue weighted by Crippen LogP contribution is 2.33. The Morgan fingerprint density at radius 1 is 1.47 bits per heavy atom. The van der Waals surface area contributed by atoms with Crippen LogP contribution < -0.4 is 5.73 Å². The minimum Gasteiger partial charge on any atom is -0.385 e. The Kier molecular flexibility index (Phi) is 3.94. The maximum absolute atomic E-state index is 11.9. The molecule has 1 heterocycles. The smallest absolute Gasteiger partial charge is 0.346 e. The second-order valence-corrected chi connectivity index (χ2v) is 6.15. The lowest BCUT2D eigenvalue weighted by Crippen LogP contribution is -2.36. The summed E-state index contributed by atoms with van der Waals surface area (Å²) in [6.45, 7) is 6.82. The van der Waals surface area contributed by atoms with Crippen LogP contribution in [0.25, 0.3) is 0 Å². The van der Waals surface area contributed by atoms with Crippen LogP contribution in [0.4, 0.5) is 4.79 Å². The first kappa shape index (κ1) is 14.1. The number of aliphatic imine (C=N–C) groups is 1. The third-order valence-electron chi connectivity index (χ3n) is 3.07. The zero-order chi connectivity index (χ0) is 14.2. The number of halogens is 1. The molecule has 102 valence electrons. The van der Waals surface area contributed by atoms with E-state index < -0.39 is 0 Å². The van der Waals surface area contributed by atoms with Gasteiger partial charge in [0, 0.05) is 11.0 Å². The number of nitrogens with two attached hydrogens (primary N) is 1. The number of carbonyl (C=O) groups excluding carboxylic acids is 1. The van der Waals surface area contributed by atoms with Crippen LogP contribution in [-0.2, 0) is 0 Å². The molecule has 5 heteroatoms. The molecule has 1 aliphatic heterocycles. The first-order valence-electron chi connectivity index (χ1n) is 6.31. The third-order valence-corrected chi connectivity index (χ3v) is 3.76. The summed E-state index contributed by atoms with van der Waals surface area (Å²) in [5, 5.41) is 0. The highest BCUT2D eigenvalue weighted by molar-refractivity contribution is 9.10. The highest BCUT2D eigenvalue weighted by Gasteiger charge is 2.35. The number of rotatable bonds is 3. The molecule has 0 radical (unpaired) electrons. The monoisotopic (exact) mass is 323 g/mol. The van der Waals surface area contributed by atoms with Crippen molar-refractivity contribution in [2.24, 2.45) is 16.6 Å². The molecule has 0 aliphatic carbocycles. The molecule has 1 unspecified atom stereocenters. The van der Waals surface area contributed by atoms with E-state index in [-0.39, 0.29) is 12.1 Å². The van der Waals surface area contributed by atoms with Crippen molar-refractivity contribution < 1.29 is 4.79 Å². The van der Waals surface area contributed by atoms with Crippen molar-refractivity contribution in [3.05, 3.63) is 33.8 Å². The van der Waals surface area contributed by atoms with Gasteiger partial charge in [0.05, 0.1) is 0 Å². The predicted molar refractivity (Wildman–Crippen MR) is 80.2 cm³/mol. The Hall–Kier alpha value is -1.36. The van der Waals surface area contributed by atoms with E-state index in [1.807, 2.05) is 25.1 Å². The lowest BCUT2D eigenvalue weighted by Gasteiger charge is -2.27. The third kappa shape index (κ3) is 2.81. The van der Waals surface area contributed by atoms with Gasteiger partial charge < -0.3 is 10.6 Å². The molecule has 0 fully saturated rings. The van der Waals surface area contributed by atoms with Gasteiger partial charge in [-0.3, -0.25) is 0 Å². The van der Waals surface area contributed by atoms with Crippen molar-refractivity contribution in [3.63, 3.8) is 0 Å². The number of carbonyl (C=O) groups is 1. The highest BCUT2D eigenvalue weighted by atomic mass is 79.9. The number of hydrogen-bond donors (Lipinski definition) is 1. The van der Waals surface area contributed by atoms with E-state index in [2.05, 4.69) is 34.8 Å². The van der Waals surface area contributed by atoms with E-state index >= 15 is 0 Å². The Morgan fingerprint density at radius 2 is 2.16 bits per heavy atom. The normalized spacial score (nSPS) is 19.2. The molecule has 1 aromatic carbocycles. The number of amides is 2. The molecule has 0 bridgehead atoms. The second-order valence-electron chi connectivity index (χ2n) is 5.29. The molecular weight excluding hydrogens is 306 g/mol. The van der Waals surface area contributed by atoms with E-state index in [4.69, 9.17) is 5.73 Å². The Balaban J connectivity index is 2.39. The van der Waals surface area contributed by atoms with Gasteiger partial charge >= 0.3 is 6.03 Å². The van der Waals surface area contributed by atoms with Gasteiger partial charge in [-0.1, -0.05) is 41.9 Å². The molecule has 0 saturated carbocycles. The average Bonchev–Trinajstić information content (AvgIpc) is 2.54. The number of amidine groups is 1. The van der Waals surface area contributed by atoms with E-state index in [9.17, 15) is 4.79 Å². The van der Waals surface area contributed by atoms with Gasteiger partial charge in [-0.15, -0.1) is 0 Å². The number of aryl methyl sites for hydroxylation is 1. The van der Waals surface area contributed by atoms with Crippen molar-refractivity contribution >= 4 is 27.8 Å². The minimum atomic E-state index is -0.259. The summed E-state index contributed by atoms with van der Waals surface area (Å²) in [7, 11) is 0. The first-order valence-corrected chi connectivity index (χ1v) is 7.10. The molecule has 0 saturated heterocycles. The van der Waals surface area contributed by atoms with Crippen LogP contribution in [0.2, 0.25) is 0 Å². The molecule has 4 nitrogen and oxygen atoms in total. The Bertz CT molecular complexity index is 539. The zero-order valence-corrected chi connectivity index (χ0v) is 12.9. The SMILES string of the molecule is Cc1ccc(C2C(N)=NC(=O)N2CC(C)C)c(Br)c1. The van der Waals surface area contributed by atoms with Crippen molar-refractivity contribution in [1.82, 2.24) is 4.90 Å². The molecule has 1 atom stereocenters. The summed E-state index contributed by atoms with van der Waals surface area (Å²) in [5.41, 5.74) is 8.08. The second kappa shape index (κ2) is 5.33. The van der Waals surface area contributed by atoms with E-state index in [1.165, 1.54) is 0 Å². The van der Waals surface area contributed by atoms with Crippen LogP contribution in [0.1, 0.15) is 31.0 Å². The summed E-state index contributed by atoms with van der Waals surface area (Å²) >= 11 is 3.55. The largest absolute Gasteiger partial charge is 0.385 e. The van der Waals surface area contributed by atoms with Crippen molar-refractivity contribution in [1.29, 1.82) is 0 Å². The molecule has 19 heavy (non-hydrogen) atoms. The quantitative estimate of drug-likeness (QED) is 0.928. The molecule has 0 spiro atoms. The molecule has 2 amide bonds. The summed E-state index contributed by atoms with van der Waals surface area (Å²) in [6.07, 6.45) is 0. The van der Waals surface area contributed by atoms with E-state index in [0.717, 1.165) is 15.6 Å². The standard InChI is InChI=1S/C14H18BrN3O/c1-8(2)7-18-12(13(16)17-14(18)19)10-5-4-9(3)6-11(10)15/h4-6,8,12H,7H2,1-3H3,(H2,16,17,19). The molecule has 1 aliphatic rings. The zero-order valence-electron chi connectivity index (χ0n) is 11.4. The van der Waals surface area contributed by atoms with Gasteiger partial charge in [0.2, 0.25) is 0 Å². The van der Waals surface area contributed by atoms with Crippen molar-refractivity contribution in [3.8, 4) is 0 Å². The number of nitrogens with zero attached hydrogens (tertiary/aromatic N) is 2. The van der Waals surface area contributed by atoms with Crippen molar-refractivity contribution in [2.75, 3.05) is 6.54 Å². The summed E-state index contributed by atoms with van der Waals surface area (Å²) < 4.78 is 0.958. The number of urea groups is 1. The van der Waals surface area contributed by atoms with Gasteiger partial charge in [-0.05, 0) is 30.0 Å². The lowest BCUT2D eigenvalue weighted by atomic mass is 10.0. The van der Waals surface area contributed by atoms with E-state index in [1.54, 1.807) is 4.90 Å². The van der Waals surface area contributed by atoms with Gasteiger partial charge in [0.25, 0.3) is 0 Å². The molecular formula is C14H18BrN3O. The van der Waals surface area contributed by atoms with Crippen LogP contribution in [0.3, 0.4) is 0 Å². The number of benzene rings is 1. The van der Waals surface area contributed by atoms with Gasteiger partial charge in [0.15, 0.2) is 0 Å². The molecule has 1 aromatic rings. The molecule has 2 N–H and O–H groups in total. The van der Waals surface area contributed by atoms with Gasteiger partial charge in [0.1, 0.15) is 11.9 Å². The van der Waals surface area contributed by atoms with Crippen LogP contribution in [0.5, 0.6) is 0 Å². The van der Waals surface area contributed by atoms with Crippen LogP contribution in [-0.4, -0.2) is 23.3 Å². The molecule has 2 rings (SSSR count). The first-order chi connectivity index (χ1) is 8.90. The Morgan fingerprint density at radius 3 is 2.74 bits per heavy atom. The topological polar surface area (TPSA) is 58.7 Å².